The number of amides is 2. The second-order valence-corrected chi connectivity index (χ2v) is 9.59. The second-order valence-electron chi connectivity index (χ2n) is 8.64. The quantitative estimate of drug-likeness (QED) is 0.619. The van der Waals surface area contributed by atoms with Crippen molar-refractivity contribution in [3.05, 3.63) is 39.8 Å². The van der Waals surface area contributed by atoms with Crippen molar-refractivity contribution in [3.8, 4) is 5.75 Å². The van der Waals surface area contributed by atoms with Gasteiger partial charge in [-0.05, 0) is 29.5 Å². The number of rotatable bonds is 8. The highest BCUT2D eigenvalue weighted by Gasteiger charge is 2.28. The molecule has 30 heavy (non-hydrogen) atoms. The number of benzene rings is 1. The van der Waals surface area contributed by atoms with E-state index in [1.54, 1.807) is 10.3 Å². The van der Waals surface area contributed by atoms with Crippen molar-refractivity contribution in [2.24, 2.45) is 0 Å². The van der Waals surface area contributed by atoms with Gasteiger partial charge in [-0.3, -0.25) is 14.5 Å². The van der Waals surface area contributed by atoms with Crippen LogP contribution in [0.5, 0.6) is 5.75 Å². The lowest BCUT2D eigenvalue weighted by Gasteiger charge is -2.30. The van der Waals surface area contributed by atoms with Gasteiger partial charge in [0.1, 0.15) is 16.5 Å². The minimum Gasteiger partial charge on any atom is -0.482 e. The summed E-state index contributed by atoms with van der Waals surface area (Å²) in [5.41, 5.74) is 2.27. The average Bonchev–Trinajstić information content (AvgIpc) is 3.17. The van der Waals surface area contributed by atoms with Gasteiger partial charge in [0.25, 0.3) is 11.8 Å². The first-order valence-electron chi connectivity index (χ1n) is 10.6. The highest BCUT2D eigenvalue weighted by atomic mass is 32.1. The number of aromatic nitrogens is 1. The van der Waals surface area contributed by atoms with E-state index in [2.05, 4.69) is 38.0 Å². The zero-order valence-electron chi connectivity index (χ0n) is 18.3. The van der Waals surface area contributed by atoms with Crippen molar-refractivity contribution in [2.75, 3.05) is 18.1 Å². The Morgan fingerprint density at radius 3 is 2.80 bits per heavy atom. The first-order chi connectivity index (χ1) is 14.3. The van der Waals surface area contributed by atoms with Crippen LogP contribution in [0.4, 0.5) is 5.69 Å². The molecule has 2 amide bonds. The van der Waals surface area contributed by atoms with Crippen LogP contribution in [-0.4, -0.2) is 29.9 Å². The highest BCUT2D eigenvalue weighted by molar-refractivity contribution is 7.09. The number of nitrogens with zero attached hydrogens (tertiary/aromatic N) is 2. The molecular formula is C23H31N3O3S. The van der Waals surface area contributed by atoms with Crippen molar-refractivity contribution in [1.82, 2.24) is 10.3 Å². The molecule has 7 heteroatoms. The smallest absolute Gasteiger partial charge is 0.270 e. The molecule has 1 aliphatic heterocycles. The minimum atomic E-state index is -0.155. The molecule has 6 nitrogen and oxygen atoms in total. The molecule has 0 radical (unpaired) electrons. The van der Waals surface area contributed by atoms with Gasteiger partial charge in [0, 0.05) is 11.9 Å². The number of thiazole rings is 1. The van der Waals surface area contributed by atoms with Crippen molar-refractivity contribution in [2.45, 2.75) is 65.3 Å². The van der Waals surface area contributed by atoms with Crippen LogP contribution in [0.3, 0.4) is 0 Å². The molecule has 0 bridgehead atoms. The Hall–Kier alpha value is -2.41. The maximum atomic E-state index is 12.6. The second kappa shape index (κ2) is 9.60. The van der Waals surface area contributed by atoms with E-state index in [0.29, 0.717) is 24.5 Å². The van der Waals surface area contributed by atoms with E-state index >= 15 is 0 Å². The number of anilines is 1. The fourth-order valence-electron chi connectivity index (χ4n) is 3.31. The fourth-order valence-corrected chi connectivity index (χ4v) is 4.07. The zero-order valence-corrected chi connectivity index (χ0v) is 19.1. The van der Waals surface area contributed by atoms with Gasteiger partial charge in [-0.2, -0.15) is 0 Å². The normalized spacial score (nSPS) is 13.7. The Labute approximate surface area is 182 Å². The van der Waals surface area contributed by atoms with Gasteiger partial charge in [0.2, 0.25) is 0 Å². The van der Waals surface area contributed by atoms with Gasteiger partial charge >= 0.3 is 0 Å². The molecule has 3 rings (SSSR count). The molecule has 1 aromatic carbocycles. The van der Waals surface area contributed by atoms with Crippen molar-refractivity contribution < 1.29 is 14.3 Å². The maximum absolute atomic E-state index is 12.6. The molecule has 0 spiro atoms. The number of hydrogen-bond acceptors (Lipinski definition) is 5. The summed E-state index contributed by atoms with van der Waals surface area (Å²) in [6, 6.07) is 5.98. The van der Waals surface area contributed by atoms with Gasteiger partial charge in [0.15, 0.2) is 6.61 Å². The minimum absolute atomic E-state index is 0.0122. The van der Waals surface area contributed by atoms with Crippen LogP contribution in [0.15, 0.2) is 23.6 Å². The van der Waals surface area contributed by atoms with Gasteiger partial charge in [-0.1, -0.05) is 53.0 Å². The summed E-state index contributed by atoms with van der Waals surface area (Å²) in [7, 11) is 0. The van der Waals surface area contributed by atoms with Crippen molar-refractivity contribution >= 4 is 28.8 Å². The molecule has 0 saturated carbocycles. The third-order valence-electron chi connectivity index (χ3n) is 5.16. The zero-order chi connectivity index (χ0) is 21.7. The van der Waals surface area contributed by atoms with Crippen LogP contribution in [0.1, 0.15) is 74.4 Å². The average molecular weight is 430 g/mol. The van der Waals surface area contributed by atoms with Crippen LogP contribution < -0.4 is 15.0 Å². The Kier molecular flexibility index (Phi) is 7.13. The first kappa shape index (κ1) is 22.3. The van der Waals surface area contributed by atoms with E-state index in [-0.39, 0.29) is 23.8 Å². The Balaban J connectivity index is 1.70. The standard InChI is InChI=1S/C23H31N3O3S/c1-5-6-7-8-11-24-22(28)17-15-30-20(25-17)13-26-18-12-16(23(2,3)4)9-10-19(18)29-14-21(26)27/h9-10,12,15H,5-8,11,13-14H2,1-4H3,(H,24,28). The van der Waals surface area contributed by atoms with Crippen molar-refractivity contribution in [3.63, 3.8) is 0 Å². The molecule has 2 heterocycles. The SMILES string of the molecule is CCCCCCNC(=O)c1csc(CN2C(=O)COc3ccc(C(C)(C)C)cc32)n1. The number of hydrogen-bond donors (Lipinski definition) is 1. The summed E-state index contributed by atoms with van der Waals surface area (Å²) >= 11 is 1.40. The molecule has 0 fully saturated rings. The summed E-state index contributed by atoms with van der Waals surface area (Å²) < 4.78 is 5.61. The Morgan fingerprint density at radius 1 is 1.27 bits per heavy atom. The van der Waals surface area contributed by atoms with E-state index in [1.807, 2.05) is 18.2 Å². The fraction of sp³-hybridized carbons (Fsp3) is 0.522. The summed E-state index contributed by atoms with van der Waals surface area (Å²) in [6.07, 6.45) is 4.45. The lowest BCUT2D eigenvalue weighted by Crippen LogP contribution is -2.38. The third kappa shape index (κ3) is 5.39. The molecule has 1 aromatic heterocycles. The molecule has 1 N–H and O–H groups in total. The number of ether oxygens (including phenoxy) is 1. The number of nitrogens with one attached hydrogen (secondary N) is 1. The molecule has 0 unspecified atom stereocenters. The number of fused-ring (bicyclic) bond motifs is 1. The number of carbonyl (C=O) groups is 2. The van der Waals surface area contributed by atoms with Crippen LogP contribution in [0.25, 0.3) is 0 Å². The summed E-state index contributed by atoms with van der Waals surface area (Å²) in [6.45, 7) is 9.58. The molecule has 0 saturated heterocycles. The highest BCUT2D eigenvalue weighted by Crippen LogP contribution is 2.37. The van der Waals surface area contributed by atoms with Gasteiger partial charge in [0.05, 0.1) is 12.2 Å². The predicted molar refractivity (Wildman–Crippen MR) is 120 cm³/mol. The van der Waals surface area contributed by atoms with Crippen LogP contribution in [0, 0.1) is 0 Å². The van der Waals surface area contributed by atoms with Gasteiger partial charge in [-0.15, -0.1) is 11.3 Å². The van der Waals surface area contributed by atoms with Gasteiger partial charge < -0.3 is 10.1 Å². The van der Waals surface area contributed by atoms with Crippen molar-refractivity contribution in [1.29, 1.82) is 0 Å². The molecule has 1 aliphatic rings. The van der Waals surface area contributed by atoms with E-state index in [0.717, 1.165) is 29.1 Å². The molecular weight excluding hydrogens is 398 g/mol. The Bertz CT molecular complexity index is 901. The lowest BCUT2D eigenvalue weighted by atomic mass is 9.86. The number of carbonyl (C=O) groups excluding carboxylic acids is 2. The third-order valence-corrected chi connectivity index (χ3v) is 6.00. The van der Waals surface area contributed by atoms with E-state index < -0.39 is 0 Å². The number of unbranched alkanes of at least 4 members (excludes halogenated alkanes) is 3. The largest absolute Gasteiger partial charge is 0.482 e. The Morgan fingerprint density at radius 2 is 2.07 bits per heavy atom. The summed E-state index contributed by atoms with van der Waals surface area (Å²) in [5, 5.41) is 5.42. The van der Waals surface area contributed by atoms with Gasteiger partial charge in [-0.25, -0.2) is 4.98 Å². The predicted octanol–water partition coefficient (Wildman–Crippen LogP) is 4.68. The molecule has 162 valence electrons. The maximum Gasteiger partial charge on any atom is 0.270 e. The lowest BCUT2D eigenvalue weighted by molar-refractivity contribution is -0.121. The molecule has 0 atom stereocenters. The first-order valence-corrected chi connectivity index (χ1v) is 11.5. The van der Waals surface area contributed by atoms with E-state index in [4.69, 9.17) is 4.74 Å². The van der Waals surface area contributed by atoms with Crippen LogP contribution >= 0.6 is 11.3 Å². The summed E-state index contributed by atoms with van der Waals surface area (Å²) in [5.74, 6) is 0.438. The van der Waals surface area contributed by atoms with Crippen LogP contribution in [-0.2, 0) is 16.8 Å². The van der Waals surface area contributed by atoms with E-state index in [9.17, 15) is 9.59 Å². The molecule has 2 aromatic rings. The van der Waals surface area contributed by atoms with E-state index in [1.165, 1.54) is 24.2 Å². The monoisotopic (exact) mass is 429 g/mol. The topological polar surface area (TPSA) is 71.5 Å². The summed E-state index contributed by atoms with van der Waals surface area (Å²) in [4.78, 5) is 31.1. The van der Waals surface area contributed by atoms with Crippen LogP contribution in [0.2, 0.25) is 0 Å². The molecule has 0 aliphatic carbocycles.